The highest BCUT2D eigenvalue weighted by Crippen LogP contribution is 2.40. The molecule has 2 N–H and O–H groups in total. The fourth-order valence-corrected chi connectivity index (χ4v) is 7.61. The number of carbonyl (C=O) groups excluding carboxylic acids is 4. The smallest absolute Gasteiger partial charge is 0.251 e. The Bertz CT molecular complexity index is 2170. The van der Waals surface area contributed by atoms with Gasteiger partial charge in [0.15, 0.2) is 28.8 Å². The first-order valence-corrected chi connectivity index (χ1v) is 19.5. The summed E-state index contributed by atoms with van der Waals surface area (Å²) in [6.45, 7) is 6.04. The minimum Gasteiger partial charge on any atom is -0.493 e. The molecule has 4 atom stereocenters. The zero-order valence-electron chi connectivity index (χ0n) is 33.2. The van der Waals surface area contributed by atoms with Crippen molar-refractivity contribution >= 4 is 35.1 Å². The van der Waals surface area contributed by atoms with Crippen molar-refractivity contribution in [2.45, 2.75) is 76.5 Å². The summed E-state index contributed by atoms with van der Waals surface area (Å²) < 4.78 is 42.8. The minimum absolute atomic E-state index is 0.0000655. The molecule has 3 aliphatic rings. The summed E-state index contributed by atoms with van der Waals surface area (Å²) in [5.41, 5.74) is 1.65. The first-order valence-electron chi connectivity index (χ1n) is 19.5. The van der Waals surface area contributed by atoms with E-state index in [4.69, 9.17) is 23.5 Å². The molecular formula is C43H48FN5O9. The summed E-state index contributed by atoms with van der Waals surface area (Å²) >= 11 is 0. The van der Waals surface area contributed by atoms with E-state index in [1.165, 1.54) is 41.2 Å². The molecule has 14 nitrogen and oxygen atoms in total. The standard InChI is InChI=1S/C43H48FN5O9/c1-24(2)57-36-17-28(12-14-34(36)55-5)30-19-38(50)48(22-30)40(42(52)45-32-8-6-7-31(44)20-32)41(43(53)46-37-15-25(3)58-47-37)49-21-29(18-39(49)51)27-11-13-33(54-4)35(16-27)56-23-26-9-10-26/h6-8,11-17,20,24,26,29-30,40-41H,9-10,18-19,21-23H2,1-5H3,(H,45,52)(H,46,47,53). The summed E-state index contributed by atoms with van der Waals surface area (Å²) in [4.78, 5) is 60.5. The lowest BCUT2D eigenvalue weighted by atomic mass is 9.97. The van der Waals surface area contributed by atoms with Crippen LogP contribution in [0.1, 0.15) is 68.3 Å². The summed E-state index contributed by atoms with van der Waals surface area (Å²) in [7, 11) is 3.10. The summed E-state index contributed by atoms with van der Waals surface area (Å²) in [6, 6.07) is 14.6. The lowest BCUT2D eigenvalue weighted by molar-refractivity contribution is -0.145. The number of methoxy groups -OCH3 is 2. The van der Waals surface area contributed by atoms with Crippen LogP contribution in [0.15, 0.2) is 71.3 Å². The van der Waals surface area contributed by atoms with E-state index in [9.17, 15) is 23.6 Å². The lowest BCUT2D eigenvalue weighted by Gasteiger charge is -2.37. The van der Waals surface area contributed by atoms with Crippen LogP contribution in [0, 0.1) is 18.7 Å². The number of amides is 4. The minimum atomic E-state index is -1.56. The second-order valence-electron chi connectivity index (χ2n) is 15.3. The van der Waals surface area contributed by atoms with E-state index in [1.807, 2.05) is 38.1 Å². The fraction of sp³-hybridized carbons (Fsp3) is 0.419. The van der Waals surface area contributed by atoms with Crippen LogP contribution in [0.2, 0.25) is 0 Å². The number of aromatic nitrogens is 1. The van der Waals surface area contributed by atoms with E-state index < -0.39 is 53.4 Å². The molecule has 3 aromatic carbocycles. The average Bonchev–Trinajstić information content (AvgIpc) is 3.64. The van der Waals surface area contributed by atoms with Gasteiger partial charge in [-0.3, -0.25) is 19.2 Å². The van der Waals surface area contributed by atoms with Gasteiger partial charge < -0.3 is 43.9 Å². The number of likely N-dealkylation sites (tertiary alicyclic amines) is 2. The van der Waals surface area contributed by atoms with Crippen LogP contribution >= 0.6 is 0 Å². The summed E-state index contributed by atoms with van der Waals surface area (Å²) in [5, 5.41) is 9.35. The number of ether oxygens (including phenoxy) is 4. The number of rotatable bonds is 16. The largest absolute Gasteiger partial charge is 0.493 e. The van der Waals surface area contributed by atoms with Gasteiger partial charge in [0.1, 0.15) is 23.7 Å². The molecule has 3 fully saturated rings. The molecule has 2 aliphatic heterocycles. The molecule has 4 aromatic rings. The van der Waals surface area contributed by atoms with Crippen molar-refractivity contribution < 1.29 is 47.0 Å². The van der Waals surface area contributed by atoms with Gasteiger partial charge in [0.05, 0.1) is 26.9 Å². The van der Waals surface area contributed by atoms with E-state index in [1.54, 1.807) is 26.2 Å². The molecule has 1 aliphatic carbocycles. The number of nitrogens with one attached hydrogen (secondary N) is 2. The van der Waals surface area contributed by atoms with Crippen LogP contribution in [0.5, 0.6) is 23.0 Å². The molecule has 0 bridgehead atoms. The van der Waals surface area contributed by atoms with Gasteiger partial charge in [0.25, 0.3) is 5.91 Å². The zero-order chi connectivity index (χ0) is 41.1. The fourth-order valence-electron chi connectivity index (χ4n) is 7.61. The molecular weight excluding hydrogens is 749 g/mol. The summed E-state index contributed by atoms with van der Waals surface area (Å²) in [6.07, 6.45) is 2.07. The molecule has 306 valence electrons. The van der Waals surface area contributed by atoms with Crippen LogP contribution in [0.3, 0.4) is 0 Å². The normalized spacial score (nSPS) is 18.9. The number of aryl methyl sites for hydroxylation is 1. The molecule has 1 saturated carbocycles. The van der Waals surface area contributed by atoms with Crippen molar-refractivity contribution in [1.82, 2.24) is 15.0 Å². The Kier molecular flexibility index (Phi) is 11.9. The van der Waals surface area contributed by atoms with Crippen LogP contribution in [0.4, 0.5) is 15.9 Å². The van der Waals surface area contributed by atoms with E-state index in [0.29, 0.717) is 41.3 Å². The maximum atomic E-state index is 14.7. The molecule has 58 heavy (non-hydrogen) atoms. The Labute approximate surface area is 335 Å². The molecule has 2 saturated heterocycles. The second-order valence-corrected chi connectivity index (χ2v) is 15.3. The van der Waals surface area contributed by atoms with Crippen molar-refractivity contribution in [2.24, 2.45) is 5.92 Å². The summed E-state index contributed by atoms with van der Waals surface area (Å²) in [5.74, 6) is -0.703. The third-order valence-corrected chi connectivity index (χ3v) is 10.6. The van der Waals surface area contributed by atoms with E-state index in [0.717, 1.165) is 30.0 Å². The molecule has 4 amide bonds. The molecule has 4 unspecified atom stereocenters. The Morgan fingerprint density at radius 1 is 0.810 bits per heavy atom. The predicted molar refractivity (Wildman–Crippen MR) is 211 cm³/mol. The quantitative estimate of drug-likeness (QED) is 0.136. The molecule has 7 rings (SSSR count). The van der Waals surface area contributed by atoms with E-state index >= 15 is 0 Å². The lowest BCUT2D eigenvalue weighted by Crippen LogP contribution is -2.62. The van der Waals surface area contributed by atoms with Crippen molar-refractivity contribution in [1.29, 1.82) is 0 Å². The van der Waals surface area contributed by atoms with Gasteiger partial charge in [-0.25, -0.2) is 4.39 Å². The molecule has 0 radical (unpaired) electrons. The molecule has 15 heteroatoms. The van der Waals surface area contributed by atoms with Gasteiger partial charge in [0, 0.05) is 49.5 Å². The number of hydrogen-bond donors (Lipinski definition) is 2. The van der Waals surface area contributed by atoms with Gasteiger partial charge in [-0.15, -0.1) is 0 Å². The van der Waals surface area contributed by atoms with Crippen molar-refractivity contribution in [2.75, 3.05) is 44.5 Å². The second kappa shape index (κ2) is 17.2. The average molecular weight is 798 g/mol. The zero-order valence-corrected chi connectivity index (χ0v) is 33.2. The van der Waals surface area contributed by atoms with Crippen molar-refractivity contribution in [3.63, 3.8) is 0 Å². The van der Waals surface area contributed by atoms with Crippen molar-refractivity contribution in [3.8, 4) is 23.0 Å². The number of hydrogen-bond acceptors (Lipinski definition) is 10. The predicted octanol–water partition coefficient (Wildman–Crippen LogP) is 6.06. The Morgan fingerprint density at radius 2 is 1.40 bits per heavy atom. The topological polar surface area (TPSA) is 162 Å². The van der Waals surface area contributed by atoms with Gasteiger partial charge in [-0.1, -0.05) is 23.4 Å². The number of carbonyl (C=O) groups is 4. The Hall–Kier alpha value is -6.12. The number of benzene rings is 3. The van der Waals surface area contributed by atoms with Gasteiger partial charge in [-0.05, 0) is 93.1 Å². The highest BCUT2D eigenvalue weighted by atomic mass is 19.1. The highest BCUT2D eigenvalue weighted by Gasteiger charge is 2.50. The SMILES string of the molecule is COc1ccc(C2CC(=O)N(C(C(=O)Nc3cc(C)on3)C(C(=O)Nc3cccc(F)c3)N3CC(c4ccc(OC)c(OC(C)C)c4)CC3=O)C2)cc1OCC1CC1. The van der Waals surface area contributed by atoms with Crippen LogP contribution in [-0.2, 0) is 19.2 Å². The van der Waals surface area contributed by atoms with Gasteiger partial charge in [0.2, 0.25) is 17.7 Å². The van der Waals surface area contributed by atoms with Crippen LogP contribution < -0.4 is 29.6 Å². The molecule has 3 heterocycles. The number of anilines is 2. The maximum absolute atomic E-state index is 14.7. The Balaban J connectivity index is 1.26. The third-order valence-electron chi connectivity index (χ3n) is 10.6. The number of halogens is 1. The highest BCUT2D eigenvalue weighted by molar-refractivity contribution is 6.06. The van der Waals surface area contributed by atoms with Crippen molar-refractivity contribution in [3.05, 3.63) is 89.4 Å². The first kappa shape index (κ1) is 40.1. The maximum Gasteiger partial charge on any atom is 0.251 e. The third kappa shape index (κ3) is 9.03. The van der Waals surface area contributed by atoms with Crippen LogP contribution in [-0.4, -0.2) is 90.7 Å². The molecule has 0 spiro atoms. The number of nitrogens with zero attached hydrogens (tertiary/aromatic N) is 3. The van der Waals surface area contributed by atoms with E-state index in [2.05, 4.69) is 15.8 Å². The Morgan fingerprint density at radius 3 is 1.93 bits per heavy atom. The first-order chi connectivity index (χ1) is 27.9. The van der Waals surface area contributed by atoms with Crippen LogP contribution in [0.25, 0.3) is 0 Å². The monoisotopic (exact) mass is 797 g/mol. The van der Waals surface area contributed by atoms with E-state index in [-0.39, 0.29) is 43.5 Å². The molecule has 1 aromatic heterocycles. The van der Waals surface area contributed by atoms with Gasteiger partial charge >= 0.3 is 0 Å². The van der Waals surface area contributed by atoms with Gasteiger partial charge in [-0.2, -0.15) is 0 Å².